The van der Waals surface area contributed by atoms with Crippen molar-refractivity contribution in [1.82, 2.24) is 0 Å². The zero-order chi connectivity index (χ0) is 15.2. The fraction of sp³-hybridized carbons (Fsp3) is 0.188. The van der Waals surface area contributed by atoms with Crippen LogP contribution in [0.2, 0.25) is 0 Å². The maximum absolute atomic E-state index is 12.2. The van der Waals surface area contributed by atoms with Gasteiger partial charge in [0, 0.05) is 9.26 Å². The first kappa shape index (κ1) is 15.6. The van der Waals surface area contributed by atoms with Gasteiger partial charge < -0.3 is 15.4 Å². The number of carbonyl (C=O) groups is 1. The molecule has 0 saturated heterocycles. The summed E-state index contributed by atoms with van der Waals surface area (Å²) in [5.41, 5.74) is 1.58. The molecule has 0 saturated carbocycles. The Hall–Kier alpha value is -1.76. The van der Waals surface area contributed by atoms with Crippen molar-refractivity contribution in [3.63, 3.8) is 0 Å². The molecule has 0 aliphatic heterocycles. The number of hydrogen-bond acceptors (Lipinski definition) is 3. The number of anilines is 2. The second-order valence-corrected chi connectivity index (χ2v) is 5.81. The third-order valence-corrected chi connectivity index (χ3v) is 3.70. The predicted octanol–water partition coefficient (Wildman–Crippen LogP) is 3.74. The van der Waals surface area contributed by atoms with E-state index in [1.165, 1.54) is 0 Å². The molecule has 0 fully saturated rings. The topological polar surface area (TPSA) is 50.4 Å². The highest BCUT2D eigenvalue weighted by Crippen LogP contribution is 2.23. The van der Waals surface area contributed by atoms with Crippen LogP contribution in [-0.2, 0) is 4.79 Å². The summed E-state index contributed by atoms with van der Waals surface area (Å²) in [7, 11) is 1.58. The molecule has 0 heterocycles. The number of benzene rings is 2. The van der Waals surface area contributed by atoms with Crippen LogP contribution in [0.4, 0.5) is 11.4 Å². The van der Waals surface area contributed by atoms with Crippen molar-refractivity contribution in [2.45, 2.75) is 13.0 Å². The molecule has 0 unspecified atom stereocenters. The van der Waals surface area contributed by atoms with E-state index >= 15 is 0 Å². The fourth-order valence-corrected chi connectivity index (χ4v) is 2.21. The summed E-state index contributed by atoms with van der Waals surface area (Å²) in [5, 5.41) is 6.04. The summed E-state index contributed by atoms with van der Waals surface area (Å²) >= 11 is 2.25. The molecule has 2 aromatic carbocycles. The summed E-state index contributed by atoms with van der Waals surface area (Å²) in [6, 6.07) is 14.9. The van der Waals surface area contributed by atoms with Crippen molar-refractivity contribution in [3.05, 3.63) is 52.1 Å². The summed E-state index contributed by atoms with van der Waals surface area (Å²) in [6.45, 7) is 1.82. The Bertz CT molecular complexity index is 614. The number of nitrogens with one attached hydrogen (secondary N) is 2. The number of hydrogen-bond donors (Lipinski definition) is 2. The quantitative estimate of drug-likeness (QED) is 0.758. The molecule has 2 aromatic rings. The largest absolute Gasteiger partial charge is 0.495 e. The second kappa shape index (κ2) is 7.31. The fourth-order valence-electron chi connectivity index (χ4n) is 1.85. The molecule has 1 amide bonds. The Morgan fingerprint density at radius 2 is 1.81 bits per heavy atom. The molecule has 4 nitrogen and oxygen atoms in total. The van der Waals surface area contributed by atoms with Crippen LogP contribution in [0.3, 0.4) is 0 Å². The number of halogens is 1. The second-order valence-electron chi connectivity index (χ2n) is 4.56. The average molecular weight is 396 g/mol. The Kier molecular flexibility index (Phi) is 5.44. The number of methoxy groups -OCH3 is 1. The first-order valence-electron chi connectivity index (χ1n) is 6.56. The van der Waals surface area contributed by atoms with Gasteiger partial charge in [0.25, 0.3) is 0 Å². The zero-order valence-electron chi connectivity index (χ0n) is 11.9. The van der Waals surface area contributed by atoms with Gasteiger partial charge in [-0.25, -0.2) is 0 Å². The van der Waals surface area contributed by atoms with Crippen molar-refractivity contribution in [2.24, 2.45) is 0 Å². The Balaban J connectivity index is 2.01. The van der Waals surface area contributed by atoms with Gasteiger partial charge in [0.05, 0.1) is 12.8 Å². The van der Waals surface area contributed by atoms with E-state index in [-0.39, 0.29) is 11.9 Å². The molecule has 0 aliphatic rings. The van der Waals surface area contributed by atoms with Gasteiger partial charge in [-0.1, -0.05) is 12.1 Å². The molecular formula is C16H17IN2O2. The molecule has 0 radical (unpaired) electrons. The van der Waals surface area contributed by atoms with E-state index in [0.29, 0.717) is 11.4 Å². The lowest BCUT2D eigenvalue weighted by Crippen LogP contribution is -2.31. The van der Waals surface area contributed by atoms with Gasteiger partial charge >= 0.3 is 0 Å². The van der Waals surface area contributed by atoms with Gasteiger partial charge in [-0.05, 0) is 65.9 Å². The summed E-state index contributed by atoms with van der Waals surface area (Å²) < 4.78 is 6.38. The number of ether oxygens (including phenoxy) is 1. The third kappa shape index (κ3) is 4.35. The first-order chi connectivity index (χ1) is 10.1. The van der Waals surface area contributed by atoms with Crippen molar-refractivity contribution < 1.29 is 9.53 Å². The molecule has 0 spiro atoms. The number of rotatable bonds is 5. The van der Waals surface area contributed by atoms with E-state index in [9.17, 15) is 4.79 Å². The maximum atomic E-state index is 12.2. The number of para-hydroxylation sites is 2. The van der Waals surface area contributed by atoms with E-state index in [0.717, 1.165) is 9.26 Å². The summed E-state index contributed by atoms with van der Waals surface area (Å²) in [6.07, 6.45) is 0. The summed E-state index contributed by atoms with van der Waals surface area (Å²) in [4.78, 5) is 12.2. The van der Waals surface area contributed by atoms with Crippen LogP contribution >= 0.6 is 22.6 Å². The minimum absolute atomic E-state index is 0.113. The van der Waals surface area contributed by atoms with E-state index in [2.05, 4.69) is 33.2 Å². The number of carbonyl (C=O) groups excluding carboxylic acids is 1. The van der Waals surface area contributed by atoms with Gasteiger partial charge in [0.2, 0.25) is 5.91 Å². The molecule has 2 N–H and O–H groups in total. The molecule has 1 atom stereocenters. The molecule has 21 heavy (non-hydrogen) atoms. The zero-order valence-corrected chi connectivity index (χ0v) is 14.0. The lowest BCUT2D eigenvalue weighted by Gasteiger charge is -2.16. The Morgan fingerprint density at radius 3 is 2.48 bits per heavy atom. The third-order valence-electron chi connectivity index (χ3n) is 2.99. The maximum Gasteiger partial charge on any atom is 0.246 e. The van der Waals surface area contributed by atoms with E-state index < -0.39 is 0 Å². The van der Waals surface area contributed by atoms with Crippen LogP contribution in [0.25, 0.3) is 0 Å². The van der Waals surface area contributed by atoms with Gasteiger partial charge in [0.1, 0.15) is 11.8 Å². The van der Waals surface area contributed by atoms with Gasteiger partial charge in [-0.15, -0.1) is 0 Å². The van der Waals surface area contributed by atoms with Gasteiger partial charge in [-0.3, -0.25) is 4.79 Å². The summed E-state index contributed by atoms with van der Waals surface area (Å²) in [5.74, 6) is 0.533. The molecule has 110 valence electrons. The monoisotopic (exact) mass is 396 g/mol. The van der Waals surface area contributed by atoms with Gasteiger partial charge in [0.15, 0.2) is 0 Å². The Labute approximate surface area is 138 Å². The molecule has 2 rings (SSSR count). The highest BCUT2D eigenvalue weighted by Gasteiger charge is 2.14. The Morgan fingerprint density at radius 1 is 1.14 bits per heavy atom. The molecule has 0 aromatic heterocycles. The van der Waals surface area contributed by atoms with E-state index in [1.807, 2.05) is 55.5 Å². The van der Waals surface area contributed by atoms with Crippen molar-refractivity contribution in [2.75, 3.05) is 17.7 Å². The van der Waals surface area contributed by atoms with E-state index in [4.69, 9.17) is 4.74 Å². The molecular weight excluding hydrogens is 379 g/mol. The SMILES string of the molecule is COc1ccccc1NC(=O)[C@@H](C)Nc1ccc(I)cc1. The molecule has 5 heteroatoms. The van der Waals surface area contributed by atoms with Crippen molar-refractivity contribution >= 4 is 39.9 Å². The lowest BCUT2D eigenvalue weighted by molar-refractivity contribution is -0.116. The predicted molar refractivity (Wildman–Crippen MR) is 93.9 cm³/mol. The van der Waals surface area contributed by atoms with Gasteiger partial charge in [-0.2, -0.15) is 0 Å². The van der Waals surface area contributed by atoms with Crippen LogP contribution in [-0.4, -0.2) is 19.1 Å². The van der Waals surface area contributed by atoms with Crippen LogP contribution < -0.4 is 15.4 Å². The molecule has 0 aliphatic carbocycles. The standard InChI is InChI=1S/C16H17IN2O2/c1-11(18-13-9-7-12(17)8-10-13)16(20)19-14-5-3-4-6-15(14)21-2/h3-11,18H,1-2H3,(H,19,20)/t11-/m1/s1. The van der Waals surface area contributed by atoms with Crippen LogP contribution in [0.5, 0.6) is 5.75 Å². The van der Waals surface area contributed by atoms with Crippen LogP contribution in [0, 0.1) is 3.57 Å². The average Bonchev–Trinajstić information content (AvgIpc) is 2.50. The smallest absolute Gasteiger partial charge is 0.246 e. The minimum atomic E-state index is -0.352. The van der Waals surface area contributed by atoms with Crippen LogP contribution in [0.1, 0.15) is 6.92 Å². The number of amides is 1. The lowest BCUT2D eigenvalue weighted by atomic mass is 10.2. The minimum Gasteiger partial charge on any atom is -0.495 e. The normalized spacial score (nSPS) is 11.6. The van der Waals surface area contributed by atoms with Crippen molar-refractivity contribution in [3.8, 4) is 5.75 Å². The molecule has 0 bridgehead atoms. The first-order valence-corrected chi connectivity index (χ1v) is 7.64. The van der Waals surface area contributed by atoms with Crippen molar-refractivity contribution in [1.29, 1.82) is 0 Å². The highest BCUT2D eigenvalue weighted by molar-refractivity contribution is 14.1. The van der Waals surface area contributed by atoms with Crippen LogP contribution in [0.15, 0.2) is 48.5 Å². The highest BCUT2D eigenvalue weighted by atomic mass is 127. The van der Waals surface area contributed by atoms with E-state index in [1.54, 1.807) is 7.11 Å².